The number of hydrogen-bond acceptors (Lipinski definition) is 5. The number of thiol groups is 1. The van der Waals surface area contributed by atoms with Crippen molar-refractivity contribution in [2.75, 3.05) is 5.75 Å². The predicted molar refractivity (Wildman–Crippen MR) is 78.4 cm³/mol. The number of ketones is 2. The summed E-state index contributed by atoms with van der Waals surface area (Å²) in [5.74, 6) is -2.01. The van der Waals surface area contributed by atoms with Crippen LogP contribution in [0.15, 0.2) is 24.3 Å². The Labute approximate surface area is 122 Å². The highest BCUT2D eigenvalue weighted by atomic mass is 32.1. The molecule has 0 aliphatic carbocycles. The molecule has 0 saturated heterocycles. The molecule has 0 heterocycles. The minimum Gasteiger partial charge on any atom is -0.480 e. The van der Waals surface area contributed by atoms with Crippen LogP contribution in [0.5, 0.6) is 0 Å². The SMILES string of the molecule is CC(=O)C(NC(CS)C(=O)O)C(=O)c1ccccc1C. The maximum atomic E-state index is 12.4. The molecule has 0 fully saturated rings. The largest absolute Gasteiger partial charge is 0.480 e. The standard InChI is InChI=1S/C14H17NO4S/c1-8-5-3-4-6-10(8)13(17)12(9(2)16)15-11(7-20)14(18)19/h3-6,11-12,15,20H,7H2,1-2H3,(H,18,19). The second-order valence-electron chi connectivity index (χ2n) is 4.46. The van der Waals surface area contributed by atoms with E-state index in [1.165, 1.54) is 6.92 Å². The van der Waals surface area contributed by atoms with Gasteiger partial charge < -0.3 is 5.11 Å². The number of carboxylic acids is 1. The number of carbonyl (C=O) groups excluding carboxylic acids is 2. The van der Waals surface area contributed by atoms with Crippen molar-refractivity contribution in [3.05, 3.63) is 35.4 Å². The zero-order valence-electron chi connectivity index (χ0n) is 11.3. The maximum absolute atomic E-state index is 12.4. The van der Waals surface area contributed by atoms with Gasteiger partial charge >= 0.3 is 5.97 Å². The first-order valence-corrected chi connectivity index (χ1v) is 6.71. The first-order valence-electron chi connectivity index (χ1n) is 6.08. The Balaban J connectivity index is 3.03. The summed E-state index contributed by atoms with van der Waals surface area (Å²) in [5, 5.41) is 11.5. The van der Waals surface area contributed by atoms with Gasteiger partial charge in [-0.3, -0.25) is 19.7 Å². The Morgan fingerprint density at radius 1 is 1.30 bits per heavy atom. The van der Waals surface area contributed by atoms with E-state index < -0.39 is 29.6 Å². The lowest BCUT2D eigenvalue weighted by Gasteiger charge is -2.20. The van der Waals surface area contributed by atoms with E-state index in [9.17, 15) is 14.4 Å². The third kappa shape index (κ3) is 3.91. The fraction of sp³-hybridized carbons (Fsp3) is 0.357. The third-order valence-electron chi connectivity index (χ3n) is 2.93. The van der Waals surface area contributed by atoms with Crippen molar-refractivity contribution in [3.8, 4) is 0 Å². The highest BCUT2D eigenvalue weighted by molar-refractivity contribution is 7.80. The van der Waals surface area contributed by atoms with Gasteiger partial charge in [0, 0.05) is 11.3 Å². The quantitative estimate of drug-likeness (QED) is 0.399. The lowest BCUT2D eigenvalue weighted by atomic mass is 9.97. The minimum atomic E-state index is -1.18. The molecule has 0 aromatic heterocycles. The van der Waals surface area contributed by atoms with Crippen LogP contribution in [-0.4, -0.2) is 40.5 Å². The monoisotopic (exact) mass is 295 g/mol. The molecular weight excluding hydrogens is 278 g/mol. The molecule has 2 atom stereocenters. The first kappa shape index (κ1) is 16.4. The molecule has 0 aliphatic heterocycles. The van der Waals surface area contributed by atoms with Gasteiger partial charge in [-0.2, -0.15) is 12.6 Å². The van der Waals surface area contributed by atoms with Gasteiger partial charge in [-0.1, -0.05) is 24.3 Å². The molecule has 0 aliphatic rings. The molecule has 0 spiro atoms. The summed E-state index contributed by atoms with van der Waals surface area (Å²) in [5.41, 5.74) is 1.15. The summed E-state index contributed by atoms with van der Waals surface area (Å²) in [7, 11) is 0. The van der Waals surface area contributed by atoms with Crippen molar-refractivity contribution in [1.82, 2.24) is 5.32 Å². The van der Waals surface area contributed by atoms with Gasteiger partial charge in [0.15, 0.2) is 11.6 Å². The highest BCUT2D eigenvalue weighted by Gasteiger charge is 2.29. The van der Waals surface area contributed by atoms with Crippen LogP contribution in [0.25, 0.3) is 0 Å². The molecular formula is C14H17NO4S. The zero-order valence-corrected chi connectivity index (χ0v) is 12.2. The Morgan fingerprint density at radius 3 is 2.35 bits per heavy atom. The molecule has 108 valence electrons. The molecule has 1 aromatic carbocycles. The van der Waals surface area contributed by atoms with Crippen LogP contribution >= 0.6 is 12.6 Å². The van der Waals surface area contributed by atoms with Crippen molar-refractivity contribution in [1.29, 1.82) is 0 Å². The van der Waals surface area contributed by atoms with Crippen LogP contribution in [0.2, 0.25) is 0 Å². The molecule has 5 nitrogen and oxygen atoms in total. The van der Waals surface area contributed by atoms with E-state index in [0.717, 1.165) is 5.56 Å². The van der Waals surface area contributed by atoms with Crippen LogP contribution in [0.1, 0.15) is 22.8 Å². The lowest BCUT2D eigenvalue weighted by molar-refractivity contribution is -0.139. The van der Waals surface area contributed by atoms with Crippen molar-refractivity contribution in [2.24, 2.45) is 0 Å². The molecule has 0 bridgehead atoms. The number of Topliss-reactive ketones (excluding diaryl/α,β-unsaturated/α-hetero) is 2. The number of rotatable bonds is 7. The van der Waals surface area contributed by atoms with Gasteiger partial charge in [-0.15, -0.1) is 0 Å². The van der Waals surface area contributed by atoms with E-state index in [4.69, 9.17) is 5.11 Å². The number of nitrogens with one attached hydrogen (secondary N) is 1. The summed E-state index contributed by atoms with van der Waals surface area (Å²) in [6.07, 6.45) is 0. The molecule has 6 heteroatoms. The molecule has 1 rings (SSSR count). The predicted octanol–water partition coefficient (Wildman–Crippen LogP) is 1.11. The molecule has 1 aromatic rings. The topological polar surface area (TPSA) is 83.5 Å². The number of benzene rings is 1. The Morgan fingerprint density at radius 2 is 1.90 bits per heavy atom. The molecule has 2 N–H and O–H groups in total. The molecule has 0 radical (unpaired) electrons. The minimum absolute atomic E-state index is 0.0137. The Bertz CT molecular complexity index is 530. The van der Waals surface area contributed by atoms with E-state index in [0.29, 0.717) is 5.56 Å². The van der Waals surface area contributed by atoms with Crippen molar-refractivity contribution >= 4 is 30.2 Å². The van der Waals surface area contributed by atoms with Gasteiger partial charge in [-0.05, 0) is 19.4 Å². The molecule has 0 saturated carbocycles. The normalized spacial score (nSPS) is 13.6. The van der Waals surface area contributed by atoms with E-state index in [1.54, 1.807) is 31.2 Å². The summed E-state index contributed by atoms with van der Waals surface area (Å²) < 4.78 is 0. The van der Waals surface area contributed by atoms with Gasteiger partial charge in [0.1, 0.15) is 12.1 Å². The summed E-state index contributed by atoms with van der Waals surface area (Å²) in [6, 6.07) is 4.63. The summed E-state index contributed by atoms with van der Waals surface area (Å²) in [6.45, 7) is 3.02. The third-order valence-corrected chi connectivity index (χ3v) is 3.29. The van der Waals surface area contributed by atoms with Crippen LogP contribution in [0.3, 0.4) is 0 Å². The van der Waals surface area contributed by atoms with E-state index in [1.807, 2.05) is 0 Å². The average molecular weight is 295 g/mol. The molecule has 2 unspecified atom stereocenters. The highest BCUT2D eigenvalue weighted by Crippen LogP contribution is 2.11. The first-order chi connectivity index (χ1) is 9.38. The number of carboxylic acid groups (broad SMARTS) is 1. The van der Waals surface area contributed by atoms with Crippen LogP contribution in [0.4, 0.5) is 0 Å². The summed E-state index contributed by atoms with van der Waals surface area (Å²) in [4.78, 5) is 35.0. The number of hydrogen-bond donors (Lipinski definition) is 3. The fourth-order valence-electron chi connectivity index (χ4n) is 1.79. The lowest BCUT2D eigenvalue weighted by Crippen LogP contribution is -2.51. The second-order valence-corrected chi connectivity index (χ2v) is 4.83. The Hall–Kier alpha value is -1.66. The molecule has 0 amide bonds. The average Bonchev–Trinajstić information content (AvgIpc) is 2.38. The van der Waals surface area contributed by atoms with Crippen molar-refractivity contribution < 1.29 is 19.5 Å². The van der Waals surface area contributed by atoms with E-state index >= 15 is 0 Å². The van der Waals surface area contributed by atoms with Gasteiger partial charge in [0.25, 0.3) is 0 Å². The fourth-order valence-corrected chi connectivity index (χ4v) is 2.05. The smallest absolute Gasteiger partial charge is 0.321 e. The van der Waals surface area contributed by atoms with Crippen LogP contribution < -0.4 is 5.32 Å². The van der Waals surface area contributed by atoms with E-state index in [2.05, 4.69) is 17.9 Å². The van der Waals surface area contributed by atoms with Gasteiger partial charge in [-0.25, -0.2) is 0 Å². The Kier molecular flexibility index (Phi) is 5.91. The number of aliphatic carboxylic acids is 1. The zero-order chi connectivity index (χ0) is 15.3. The maximum Gasteiger partial charge on any atom is 0.321 e. The summed E-state index contributed by atoms with van der Waals surface area (Å²) >= 11 is 3.91. The number of carbonyl (C=O) groups is 3. The van der Waals surface area contributed by atoms with Crippen molar-refractivity contribution in [2.45, 2.75) is 25.9 Å². The number of aryl methyl sites for hydroxylation is 1. The second kappa shape index (κ2) is 7.21. The van der Waals surface area contributed by atoms with Crippen LogP contribution in [0, 0.1) is 6.92 Å². The van der Waals surface area contributed by atoms with E-state index in [-0.39, 0.29) is 5.75 Å². The molecule has 20 heavy (non-hydrogen) atoms. The van der Waals surface area contributed by atoms with Crippen LogP contribution in [-0.2, 0) is 9.59 Å². The van der Waals surface area contributed by atoms with Crippen molar-refractivity contribution in [3.63, 3.8) is 0 Å². The van der Waals surface area contributed by atoms with Gasteiger partial charge in [0.2, 0.25) is 0 Å². The van der Waals surface area contributed by atoms with Gasteiger partial charge in [0.05, 0.1) is 0 Å².